The number of fused-ring (bicyclic) bond motifs is 2. The molecule has 0 amide bonds. The third-order valence-electron chi connectivity index (χ3n) is 4.88. The van der Waals surface area contributed by atoms with Crippen LogP contribution in [0, 0.1) is 11.3 Å². The lowest BCUT2D eigenvalue weighted by atomic mass is 9.95. The molecule has 0 fully saturated rings. The standard InChI is InChI=1S/C26H21NO/c1-2-16-28-26-15-14-20-9-4-6-12-23(20)25(26)17-21(18-27)24-13-7-10-19-8-3-5-11-22(19)24/h3-15,17H,2,16H2,1H3/b21-17+. The summed E-state index contributed by atoms with van der Waals surface area (Å²) in [5, 5.41) is 14.4. The van der Waals surface area contributed by atoms with E-state index in [1.165, 1.54) is 0 Å². The van der Waals surface area contributed by atoms with E-state index in [0.717, 1.165) is 44.8 Å². The quantitative estimate of drug-likeness (QED) is 0.287. The normalized spacial score (nSPS) is 11.5. The molecule has 0 atom stereocenters. The molecular weight excluding hydrogens is 342 g/mol. The van der Waals surface area contributed by atoms with Crippen LogP contribution >= 0.6 is 0 Å². The Morgan fingerprint density at radius 3 is 2.29 bits per heavy atom. The first-order valence-corrected chi connectivity index (χ1v) is 9.56. The van der Waals surface area contributed by atoms with Crippen molar-refractivity contribution in [3.8, 4) is 11.8 Å². The largest absolute Gasteiger partial charge is 0.493 e. The van der Waals surface area contributed by atoms with Crippen molar-refractivity contribution in [3.05, 3.63) is 90.0 Å². The van der Waals surface area contributed by atoms with Crippen LogP contribution < -0.4 is 4.74 Å². The van der Waals surface area contributed by atoms with Crippen LogP contribution in [0.4, 0.5) is 0 Å². The summed E-state index contributed by atoms with van der Waals surface area (Å²) in [7, 11) is 0. The van der Waals surface area contributed by atoms with Crippen molar-refractivity contribution in [1.29, 1.82) is 5.26 Å². The summed E-state index contributed by atoms with van der Waals surface area (Å²) >= 11 is 0. The monoisotopic (exact) mass is 363 g/mol. The summed E-state index contributed by atoms with van der Waals surface area (Å²) < 4.78 is 6.01. The maximum absolute atomic E-state index is 9.98. The summed E-state index contributed by atoms with van der Waals surface area (Å²) in [6.07, 6.45) is 2.90. The molecule has 0 saturated carbocycles. The van der Waals surface area contributed by atoms with Gasteiger partial charge in [-0.15, -0.1) is 0 Å². The molecule has 28 heavy (non-hydrogen) atoms. The van der Waals surface area contributed by atoms with Gasteiger partial charge in [-0.25, -0.2) is 0 Å². The van der Waals surface area contributed by atoms with Crippen molar-refractivity contribution in [2.24, 2.45) is 0 Å². The van der Waals surface area contributed by atoms with Crippen LogP contribution in [0.3, 0.4) is 0 Å². The summed E-state index contributed by atoms with van der Waals surface area (Å²) in [6.45, 7) is 2.74. The highest BCUT2D eigenvalue weighted by Gasteiger charge is 2.11. The second-order valence-electron chi connectivity index (χ2n) is 6.74. The predicted octanol–water partition coefficient (Wildman–Crippen LogP) is 6.85. The molecule has 0 aromatic heterocycles. The van der Waals surface area contributed by atoms with E-state index in [4.69, 9.17) is 4.74 Å². The molecular formula is C26H21NO. The van der Waals surface area contributed by atoms with Crippen LogP contribution in [0.2, 0.25) is 0 Å². The second kappa shape index (κ2) is 7.98. The molecule has 4 aromatic carbocycles. The molecule has 0 bridgehead atoms. The number of ether oxygens (including phenoxy) is 1. The average molecular weight is 363 g/mol. The number of hydrogen-bond acceptors (Lipinski definition) is 2. The fourth-order valence-electron chi connectivity index (χ4n) is 3.54. The van der Waals surface area contributed by atoms with Gasteiger partial charge < -0.3 is 4.74 Å². The van der Waals surface area contributed by atoms with E-state index in [0.29, 0.717) is 12.2 Å². The number of nitrogens with zero attached hydrogens (tertiary/aromatic N) is 1. The van der Waals surface area contributed by atoms with Gasteiger partial charge in [-0.1, -0.05) is 79.7 Å². The van der Waals surface area contributed by atoms with E-state index >= 15 is 0 Å². The lowest BCUT2D eigenvalue weighted by Gasteiger charge is -2.13. The molecule has 0 saturated heterocycles. The van der Waals surface area contributed by atoms with Gasteiger partial charge in [0.15, 0.2) is 0 Å². The van der Waals surface area contributed by atoms with Crippen molar-refractivity contribution >= 4 is 33.2 Å². The molecule has 0 spiro atoms. The highest BCUT2D eigenvalue weighted by molar-refractivity contribution is 6.05. The smallest absolute Gasteiger partial charge is 0.127 e. The van der Waals surface area contributed by atoms with Crippen molar-refractivity contribution < 1.29 is 4.74 Å². The average Bonchev–Trinajstić information content (AvgIpc) is 2.76. The van der Waals surface area contributed by atoms with Crippen molar-refractivity contribution in [2.75, 3.05) is 6.61 Å². The van der Waals surface area contributed by atoms with Gasteiger partial charge >= 0.3 is 0 Å². The minimum atomic E-state index is 0.634. The van der Waals surface area contributed by atoms with Crippen molar-refractivity contribution in [2.45, 2.75) is 13.3 Å². The maximum Gasteiger partial charge on any atom is 0.127 e. The minimum Gasteiger partial charge on any atom is -0.493 e. The molecule has 4 aromatic rings. The maximum atomic E-state index is 9.98. The van der Waals surface area contributed by atoms with Gasteiger partial charge in [0.05, 0.1) is 18.2 Å². The molecule has 0 aliphatic carbocycles. The molecule has 2 nitrogen and oxygen atoms in total. The molecule has 0 radical (unpaired) electrons. The van der Waals surface area contributed by atoms with Gasteiger partial charge in [0.1, 0.15) is 5.75 Å². The lowest BCUT2D eigenvalue weighted by molar-refractivity contribution is 0.317. The van der Waals surface area contributed by atoms with Crippen molar-refractivity contribution in [1.82, 2.24) is 0 Å². The second-order valence-corrected chi connectivity index (χ2v) is 6.74. The molecule has 136 valence electrons. The number of rotatable bonds is 5. The Hall–Kier alpha value is -3.57. The molecule has 0 aliphatic rings. The number of hydrogen-bond donors (Lipinski definition) is 0. The van der Waals surface area contributed by atoms with E-state index in [2.05, 4.69) is 49.4 Å². The Labute approximate surface area is 165 Å². The summed E-state index contributed by atoms with van der Waals surface area (Å²) in [5.74, 6) is 0.813. The first-order valence-electron chi connectivity index (χ1n) is 9.56. The zero-order chi connectivity index (χ0) is 19.3. The Kier molecular flexibility index (Phi) is 5.08. The fourth-order valence-corrected chi connectivity index (χ4v) is 3.54. The highest BCUT2D eigenvalue weighted by Crippen LogP contribution is 2.33. The molecule has 0 N–H and O–H groups in total. The molecule has 2 heteroatoms. The summed E-state index contributed by atoms with van der Waals surface area (Å²) in [6, 6.07) is 28.9. The first-order chi connectivity index (χ1) is 13.8. The summed E-state index contributed by atoms with van der Waals surface area (Å²) in [5.41, 5.74) is 2.53. The topological polar surface area (TPSA) is 33.0 Å². The zero-order valence-electron chi connectivity index (χ0n) is 15.9. The van der Waals surface area contributed by atoms with Crippen LogP contribution in [0.25, 0.3) is 33.2 Å². The van der Waals surface area contributed by atoms with Crippen LogP contribution in [-0.4, -0.2) is 6.61 Å². The minimum absolute atomic E-state index is 0.634. The highest BCUT2D eigenvalue weighted by atomic mass is 16.5. The Bertz CT molecular complexity index is 1210. The Morgan fingerprint density at radius 1 is 0.857 bits per heavy atom. The van der Waals surface area contributed by atoms with Gasteiger partial charge in [0.25, 0.3) is 0 Å². The molecule has 0 heterocycles. The number of benzene rings is 4. The van der Waals surface area contributed by atoms with E-state index in [-0.39, 0.29) is 0 Å². The van der Waals surface area contributed by atoms with Crippen LogP contribution in [-0.2, 0) is 0 Å². The molecule has 0 unspecified atom stereocenters. The number of nitriles is 1. The van der Waals surface area contributed by atoms with Gasteiger partial charge in [0.2, 0.25) is 0 Å². The van der Waals surface area contributed by atoms with E-state index in [1.54, 1.807) is 0 Å². The molecule has 4 rings (SSSR count). The van der Waals surface area contributed by atoms with Gasteiger partial charge in [-0.3, -0.25) is 0 Å². The third kappa shape index (κ3) is 3.35. The Morgan fingerprint density at radius 2 is 1.54 bits per heavy atom. The zero-order valence-corrected chi connectivity index (χ0v) is 15.9. The molecule has 0 aliphatic heterocycles. The predicted molar refractivity (Wildman–Crippen MR) is 117 cm³/mol. The van der Waals surface area contributed by atoms with Crippen molar-refractivity contribution in [3.63, 3.8) is 0 Å². The van der Waals surface area contributed by atoms with E-state index in [9.17, 15) is 5.26 Å². The Balaban J connectivity index is 1.95. The fraction of sp³-hybridized carbons (Fsp3) is 0.115. The van der Waals surface area contributed by atoms with E-state index in [1.807, 2.05) is 48.5 Å². The lowest BCUT2D eigenvalue weighted by Crippen LogP contribution is -1.98. The van der Waals surface area contributed by atoms with Crippen LogP contribution in [0.5, 0.6) is 5.75 Å². The first kappa shape index (κ1) is 17.8. The van der Waals surface area contributed by atoms with Gasteiger partial charge in [-0.05, 0) is 40.1 Å². The van der Waals surface area contributed by atoms with Crippen LogP contribution in [0.1, 0.15) is 24.5 Å². The van der Waals surface area contributed by atoms with Gasteiger partial charge in [0, 0.05) is 11.1 Å². The summed E-state index contributed by atoms with van der Waals surface area (Å²) in [4.78, 5) is 0. The third-order valence-corrected chi connectivity index (χ3v) is 4.88. The SMILES string of the molecule is CCCOc1ccc2ccccc2c1/C=C(\C#N)c1cccc2ccccc12. The van der Waals surface area contributed by atoms with Crippen LogP contribution in [0.15, 0.2) is 78.9 Å². The van der Waals surface area contributed by atoms with E-state index < -0.39 is 0 Å². The number of allylic oxidation sites excluding steroid dienone is 1. The van der Waals surface area contributed by atoms with Gasteiger partial charge in [-0.2, -0.15) is 5.26 Å².